The second-order valence-electron chi connectivity index (χ2n) is 8.23. The number of rotatable bonds is 9. The van der Waals surface area contributed by atoms with E-state index in [0.717, 1.165) is 34.0 Å². The predicted octanol–water partition coefficient (Wildman–Crippen LogP) is 6.63. The summed E-state index contributed by atoms with van der Waals surface area (Å²) in [5, 5.41) is 1.28. The van der Waals surface area contributed by atoms with Crippen LogP contribution in [0.2, 0.25) is 5.02 Å². The molecule has 1 aliphatic rings. The van der Waals surface area contributed by atoms with E-state index in [9.17, 15) is 14.0 Å². The topological polar surface area (TPSA) is 60.8 Å². The van der Waals surface area contributed by atoms with Crippen LogP contribution >= 0.6 is 23.4 Å². The highest BCUT2D eigenvalue weighted by atomic mass is 35.5. The molecule has 1 aliphatic heterocycles. The lowest BCUT2D eigenvalue weighted by Crippen LogP contribution is -2.32. The van der Waals surface area contributed by atoms with E-state index in [4.69, 9.17) is 21.1 Å². The van der Waals surface area contributed by atoms with Gasteiger partial charge < -0.3 is 14.0 Å². The molecule has 9 heteroatoms. The summed E-state index contributed by atoms with van der Waals surface area (Å²) in [4.78, 5) is 27.0. The lowest BCUT2D eigenvalue weighted by Gasteiger charge is -2.13. The van der Waals surface area contributed by atoms with Crippen LogP contribution in [-0.4, -0.2) is 40.4 Å². The Kier molecular flexibility index (Phi) is 7.48. The lowest BCUT2D eigenvalue weighted by atomic mass is 10.1. The van der Waals surface area contributed by atoms with Crippen LogP contribution in [0.1, 0.15) is 5.56 Å². The molecule has 0 spiro atoms. The van der Waals surface area contributed by atoms with E-state index in [2.05, 4.69) is 4.57 Å². The smallest absolute Gasteiger partial charge is 0.293 e. The van der Waals surface area contributed by atoms with Crippen molar-refractivity contribution in [1.29, 1.82) is 0 Å². The first-order chi connectivity index (χ1) is 18.0. The number of para-hydroxylation sites is 1. The van der Waals surface area contributed by atoms with Crippen LogP contribution < -0.4 is 9.47 Å². The third-order valence-corrected chi connectivity index (χ3v) is 6.95. The zero-order valence-corrected chi connectivity index (χ0v) is 21.2. The van der Waals surface area contributed by atoms with E-state index in [0.29, 0.717) is 28.8 Å². The summed E-state index contributed by atoms with van der Waals surface area (Å²) in [6.07, 6.45) is 3.71. The van der Waals surface area contributed by atoms with Crippen molar-refractivity contribution >= 4 is 51.5 Å². The fraction of sp³-hybridized carbons (Fsp3) is 0.143. The molecule has 4 aromatic rings. The fourth-order valence-electron chi connectivity index (χ4n) is 3.99. The van der Waals surface area contributed by atoms with Gasteiger partial charge in [0.2, 0.25) is 0 Å². The molecule has 1 fully saturated rings. The molecule has 188 valence electrons. The highest BCUT2D eigenvalue weighted by Crippen LogP contribution is 2.34. The zero-order chi connectivity index (χ0) is 25.8. The fourth-order valence-corrected chi connectivity index (χ4v) is 4.97. The van der Waals surface area contributed by atoms with Gasteiger partial charge in [-0.05, 0) is 72.4 Å². The summed E-state index contributed by atoms with van der Waals surface area (Å²) in [6.45, 7) is 1.26. The van der Waals surface area contributed by atoms with Crippen LogP contribution in [0.5, 0.6) is 11.5 Å². The van der Waals surface area contributed by atoms with Crippen molar-refractivity contribution in [2.24, 2.45) is 0 Å². The largest absolute Gasteiger partial charge is 0.492 e. The van der Waals surface area contributed by atoms with Gasteiger partial charge >= 0.3 is 0 Å². The Hall–Kier alpha value is -3.75. The monoisotopic (exact) mass is 536 g/mol. The number of nitrogens with zero attached hydrogens (tertiary/aromatic N) is 2. The Morgan fingerprint density at radius 2 is 1.51 bits per heavy atom. The molecule has 0 atom stereocenters. The van der Waals surface area contributed by atoms with E-state index in [1.165, 1.54) is 29.2 Å². The van der Waals surface area contributed by atoms with Gasteiger partial charge in [-0.25, -0.2) is 4.39 Å². The number of carbonyl (C=O) groups is 2. The standard InChI is InChI=1S/C28H22ClFN2O4S/c29-20-5-9-22(10-6-20)35-15-13-31-18-19(24-3-1-2-4-25(24)31)17-26-27(33)32(28(34)37-26)14-16-36-23-11-7-21(30)8-12-23/h1-12,17-18H,13-16H2/b26-17-. The Balaban J connectivity index is 1.27. The molecule has 0 radical (unpaired) electrons. The zero-order valence-electron chi connectivity index (χ0n) is 19.6. The minimum absolute atomic E-state index is 0.100. The van der Waals surface area contributed by atoms with Crippen molar-refractivity contribution < 1.29 is 23.5 Å². The van der Waals surface area contributed by atoms with E-state index in [-0.39, 0.29) is 30.1 Å². The minimum Gasteiger partial charge on any atom is -0.492 e. The predicted molar refractivity (Wildman–Crippen MR) is 143 cm³/mol. The highest BCUT2D eigenvalue weighted by Gasteiger charge is 2.35. The molecule has 3 aromatic carbocycles. The van der Waals surface area contributed by atoms with Crippen LogP contribution in [0.4, 0.5) is 9.18 Å². The van der Waals surface area contributed by atoms with Crippen LogP contribution in [0.15, 0.2) is 83.9 Å². The maximum Gasteiger partial charge on any atom is 0.293 e. The Morgan fingerprint density at radius 1 is 0.865 bits per heavy atom. The molecule has 2 heterocycles. The number of amides is 2. The van der Waals surface area contributed by atoms with Gasteiger partial charge in [0.05, 0.1) is 18.0 Å². The van der Waals surface area contributed by atoms with E-state index in [1.54, 1.807) is 18.2 Å². The van der Waals surface area contributed by atoms with Crippen molar-refractivity contribution in [1.82, 2.24) is 9.47 Å². The molecule has 5 rings (SSSR count). The third kappa shape index (κ3) is 5.81. The molecular formula is C28H22ClFN2O4S. The molecule has 37 heavy (non-hydrogen) atoms. The van der Waals surface area contributed by atoms with Crippen LogP contribution in [-0.2, 0) is 11.3 Å². The van der Waals surface area contributed by atoms with Gasteiger partial charge in [-0.1, -0.05) is 29.8 Å². The second-order valence-corrected chi connectivity index (χ2v) is 9.66. The maximum atomic E-state index is 13.0. The molecular weight excluding hydrogens is 515 g/mol. The maximum absolute atomic E-state index is 13.0. The number of ether oxygens (including phenoxy) is 2. The van der Waals surface area contributed by atoms with Gasteiger partial charge in [0.15, 0.2) is 0 Å². The third-order valence-electron chi connectivity index (χ3n) is 5.79. The molecule has 0 N–H and O–H groups in total. The Bertz CT molecular complexity index is 1470. The molecule has 6 nitrogen and oxygen atoms in total. The molecule has 0 bridgehead atoms. The molecule has 2 amide bonds. The van der Waals surface area contributed by atoms with Gasteiger partial charge in [-0.15, -0.1) is 0 Å². The van der Waals surface area contributed by atoms with E-state index in [1.807, 2.05) is 42.6 Å². The van der Waals surface area contributed by atoms with Crippen LogP contribution in [0.25, 0.3) is 17.0 Å². The van der Waals surface area contributed by atoms with Crippen LogP contribution in [0, 0.1) is 5.82 Å². The first-order valence-electron chi connectivity index (χ1n) is 11.6. The number of carbonyl (C=O) groups excluding carboxylic acids is 2. The van der Waals surface area contributed by atoms with Crippen molar-refractivity contribution in [3.05, 3.63) is 100 Å². The molecule has 1 saturated heterocycles. The highest BCUT2D eigenvalue weighted by molar-refractivity contribution is 8.18. The average Bonchev–Trinajstić information content (AvgIpc) is 3.38. The summed E-state index contributed by atoms with van der Waals surface area (Å²) in [6, 6.07) is 20.7. The van der Waals surface area contributed by atoms with Gasteiger partial charge in [-0.2, -0.15) is 0 Å². The lowest BCUT2D eigenvalue weighted by molar-refractivity contribution is -0.123. The summed E-state index contributed by atoms with van der Waals surface area (Å²) in [5.74, 6) is 0.481. The SMILES string of the molecule is O=C1S/C(=C\c2cn(CCOc3ccc(Cl)cc3)c3ccccc23)C(=O)N1CCOc1ccc(F)cc1. The van der Waals surface area contributed by atoms with E-state index >= 15 is 0 Å². The minimum atomic E-state index is -0.362. The number of thioether (sulfide) groups is 1. The number of halogens is 2. The molecule has 1 aromatic heterocycles. The van der Waals surface area contributed by atoms with Gasteiger partial charge in [-0.3, -0.25) is 14.5 Å². The Labute approximate surface area is 222 Å². The summed E-state index contributed by atoms with van der Waals surface area (Å²) >= 11 is 6.84. The number of benzene rings is 3. The first kappa shape index (κ1) is 24.9. The molecule has 0 saturated carbocycles. The van der Waals surface area contributed by atoms with Crippen molar-refractivity contribution in [3.8, 4) is 11.5 Å². The second kappa shape index (κ2) is 11.1. The van der Waals surface area contributed by atoms with E-state index < -0.39 is 0 Å². The number of hydrogen-bond donors (Lipinski definition) is 0. The number of fused-ring (bicyclic) bond motifs is 1. The van der Waals surface area contributed by atoms with Crippen molar-refractivity contribution in [2.45, 2.75) is 6.54 Å². The number of hydrogen-bond acceptors (Lipinski definition) is 5. The van der Waals surface area contributed by atoms with Gasteiger partial charge in [0, 0.05) is 27.7 Å². The molecule has 0 unspecified atom stereocenters. The van der Waals surface area contributed by atoms with Crippen molar-refractivity contribution in [3.63, 3.8) is 0 Å². The summed E-state index contributed by atoms with van der Waals surface area (Å²) in [5.41, 5.74) is 1.84. The van der Waals surface area contributed by atoms with Gasteiger partial charge in [0.25, 0.3) is 11.1 Å². The van der Waals surface area contributed by atoms with Gasteiger partial charge in [0.1, 0.15) is 30.5 Å². The summed E-state index contributed by atoms with van der Waals surface area (Å²) in [7, 11) is 0. The van der Waals surface area contributed by atoms with Crippen molar-refractivity contribution in [2.75, 3.05) is 19.8 Å². The summed E-state index contributed by atoms with van der Waals surface area (Å²) < 4.78 is 26.5. The van der Waals surface area contributed by atoms with Crippen LogP contribution in [0.3, 0.4) is 0 Å². The average molecular weight is 537 g/mol. The number of imide groups is 1. The quantitative estimate of drug-likeness (QED) is 0.225. The first-order valence-corrected chi connectivity index (χ1v) is 12.8. The normalized spacial score (nSPS) is 14.6. The number of aromatic nitrogens is 1. The Morgan fingerprint density at radius 3 is 2.24 bits per heavy atom. The molecule has 0 aliphatic carbocycles.